The predicted molar refractivity (Wildman–Crippen MR) is 98.6 cm³/mol. The van der Waals surface area contributed by atoms with Crippen molar-refractivity contribution in [2.75, 3.05) is 26.7 Å². The molecule has 134 valence electrons. The topological polar surface area (TPSA) is 78.2 Å². The smallest absolute Gasteiger partial charge is 0.251 e. The van der Waals surface area contributed by atoms with Gasteiger partial charge in [0, 0.05) is 37.0 Å². The normalized spacial score (nSPS) is 19.9. The van der Waals surface area contributed by atoms with Crippen molar-refractivity contribution in [3.63, 3.8) is 0 Å². The van der Waals surface area contributed by atoms with Crippen LogP contribution in [0.25, 0.3) is 11.3 Å². The number of likely N-dealkylation sites (N-methyl/N-ethyl adjacent to an activating group) is 1. The molecule has 0 spiro atoms. The number of nitrogens with one attached hydrogen (secondary N) is 1. The van der Waals surface area contributed by atoms with Crippen LogP contribution in [-0.2, 0) is 4.74 Å². The molecule has 6 heteroatoms. The molecule has 26 heavy (non-hydrogen) atoms. The van der Waals surface area contributed by atoms with E-state index in [-0.39, 0.29) is 18.1 Å². The number of hydrogen-bond donors (Lipinski definition) is 1. The van der Waals surface area contributed by atoms with E-state index in [0.29, 0.717) is 23.4 Å². The zero-order chi connectivity index (χ0) is 18.5. The quantitative estimate of drug-likeness (QED) is 0.893. The Kier molecular flexibility index (Phi) is 5.61. The van der Waals surface area contributed by atoms with Crippen LogP contribution in [0, 0.1) is 11.3 Å². The molecule has 2 heterocycles. The number of hydrogen-bond acceptors (Lipinski definition) is 5. The van der Waals surface area contributed by atoms with E-state index in [0.717, 1.165) is 18.7 Å². The van der Waals surface area contributed by atoms with Gasteiger partial charge in [-0.1, -0.05) is 12.1 Å². The Morgan fingerprint density at radius 2 is 2.12 bits per heavy atom. The molecule has 2 aromatic rings. The monoisotopic (exact) mass is 350 g/mol. The molecule has 1 fully saturated rings. The SMILES string of the molecule is CCO[C@H]1CN(C)C[C@@H]1NC(=O)c1ccc(-c2cc(C#N)ccn2)cc1. The Hall–Kier alpha value is -2.75. The molecule has 1 aromatic carbocycles. The van der Waals surface area contributed by atoms with Crippen molar-refractivity contribution < 1.29 is 9.53 Å². The number of ether oxygens (including phenoxy) is 1. The first-order chi connectivity index (χ1) is 12.6. The summed E-state index contributed by atoms with van der Waals surface area (Å²) in [6.07, 6.45) is 1.63. The number of rotatable bonds is 5. The van der Waals surface area contributed by atoms with Gasteiger partial charge in [-0.05, 0) is 38.2 Å². The average molecular weight is 350 g/mol. The highest BCUT2D eigenvalue weighted by Crippen LogP contribution is 2.19. The van der Waals surface area contributed by atoms with Crippen molar-refractivity contribution in [1.29, 1.82) is 5.26 Å². The molecular weight excluding hydrogens is 328 g/mol. The van der Waals surface area contributed by atoms with Gasteiger partial charge in [-0.3, -0.25) is 9.78 Å². The number of pyridine rings is 1. The van der Waals surface area contributed by atoms with Crippen LogP contribution in [0.5, 0.6) is 0 Å². The fraction of sp³-hybridized carbons (Fsp3) is 0.350. The fourth-order valence-electron chi connectivity index (χ4n) is 3.19. The summed E-state index contributed by atoms with van der Waals surface area (Å²) in [7, 11) is 2.02. The second-order valence-corrected chi connectivity index (χ2v) is 6.41. The van der Waals surface area contributed by atoms with E-state index in [2.05, 4.69) is 21.3 Å². The van der Waals surface area contributed by atoms with Crippen LogP contribution in [0.15, 0.2) is 42.6 Å². The van der Waals surface area contributed by atoms with Gasteiger partial charge in [0.05, 0.1) is 29.5 Å². The lowest BCUT2D eigenvalue weighted by Crippen LogP contribution is -2.43. The third kappa shape index (κ3) is 4.07. The van der Waals surface area contributed by atoms with Crippen molar-refractivity contribution in [2.24, 2.45) is 0 Å². The summed E-state index contributed by atoms with van der Waals surface area (Å²) >= 11 is 0. The first-order valence-corrected chi connectivity index (χ1v) is 8.68. The minimum atomic E-state index is -0.111. The van der Waals surface area contributed by atoms with Crippen LogP contribution in [0.3, 0.4) is 0 Å². The van der Waals surface area contributed by atoms with E-state index in [9.17, 15) is 4.79 Å². The predicted octanol–water partition coefficient (Wildman–Crippen LogP) is 2.07. The molecule has 1 N–H and O–H groups in total. The van der Waals surface area contributed by atoms with Gasteiger partial charge < -0.3 is 15.0 Å². The molecule has 0 radical (unpaired) electrons. The largest absolute Gasteiger partial charge is 0.375 e. The van der Waals surface area contributed by atoms with Crippen molar-refractivity contribution in [3.8, 4) is 17.3 Å². The first kappa shape index (κ1) is 18.1. The molecule has 1 saturated heterocycles. The molecule has 3 rings (SSSR count). The maximum absolute atomic E-state index is 12.6. The zero-order valence-corrected chi connectivity index (χ0v) is 15.0. The van der Waals surface area contributed by atoms with Gasteiger partial charge in [0.1, 0.15) is 0 Å². The molecule has 2 atom stereocenters. The molecule has 0 bridgehead atoms. The maximum atomic E-state index is 12.6. The summed E-state index contributed by atoms with van der Waals surface area (Å²) in [4.78, 5) is 19.0. The van der Waals surface area contributed by atoms with Gasteiger partial charge >= 0.3 is 0 Å². The molecule has 0 unspecified atom stereocenters. The number of carbonyl (C=O) groups is 1. The van der Waals surface area contributed by atoms with Gasteiger partial charge in [-0.15, -0.1) is 0 Å². The van der Waals surface area contributed by atoms with Crippen LogP contribution in [-0.4, -0.2) is 54.7 Å². The summed E-state index contributed by atoms with van der Waals surface area (Å²) in [6, 6.07) is 12.7. The summed E-state index contributed by atoms with van der Waals surface area (Å²) in [5, 5.41) is 12.1. The summed E-state index contributed by atoms with van der Waals surface area (Å²) < 4.78 is 5.73. The van der Waals surface area contributed by atoms with Crippen LogP contribution < -0.4 is 5.32 Å². The number of nitrogens with zero attached hydrogens (tertiary/aromatic N) is 3. The number of carbonyl (C=O) groups excluding carboxylic acids is 1. The average Bonchev–Trinajstić information content (AvgIpc) is 3.01. The van der Waals surface area contributed by atoms with Gasteiger partial charge in [0.15, 0.2) is 0 Å². The Bertz CT molecular complexity index is 813. The molecular formula is C20H22N4O2. The van der Waals surface area contributed by atoms with E-state index < -0.39 is 0 Å². The van der Waals surface area contributed by atoms with Gasteiger partial charge in [-0.2, -0.15) is 5.26 Å². The summed E-state index contributed by atoms with van der Waals surface area (Å²) in [5.41, 5.74) is 2.73. The van der Waals surface area contributed by atoms with Crippen molar-refractivity contribution >= 4 is 5.91 Å². The minimum absolute atomic E-state index is 0.0129. The van der Waals surface area contributed by atoms with E-state index in [1.165, 1.54) is 0 Å². The van der Waals surface area contributed by atoms with E-state index in [1.807, 2.05) is 26.1 Å². The van der Waals surface area contributed by atoms with Crippen molar-refractivity contribution in [2.45, 2.75) is 19.1 Å². The third-order valence-electron chi connectivity index (χ3n) is 4.48. The Morgan fingerprint density at radius 1 is 1.35 bits per heavy atom. The second kappa shape index (κ2) is 8.09. The molecule has 1 aliphatic rings. The van der Waals surface area contributed by atoms with Crippen LogP contribution in [0.1, 0.15) is 22.8 Å². The van der Waals surface area contributed by atoms with Gasteiger partial charge in [0.2, 0.25) is 0 Å². The van der Waals surface area contributed by atoms with Crippen LogP contribution in [0.4, 0.5) is 0 Å². The minimum Gasteiger partial charge on any atom is -0.375 e. The van der Waals surface area contributed by atoms with E-state index in [4.69, 9.17) is 10.00 Å². The van der Waals surface area contributed by atoms with Crippen LogP contribution >= 0.6 is 0 Å². The van der Waals surface area contributed by atoms with Crippen LogP contribution in [0.2, 0.25) is 0 Å². The van der Waals surface area contributed by atoms with Crippen molar-refractivity contribution in [3.05, 3.63) is 53.7 Å². The number of nitriles is 1. The summed E-state index contributed by atoms with van der Waals surface area (Å²) in [5.74, 6) is -0.111. The van der Waals surface area contributed by atoms with Crippen molar-refractivity contribution in [1.82, 2.24) is 15.2 Å². The number of likely N-dealkylation sites (tertiary alicyclic amines) is 1. The number of aromatic nitrogens is 1. The fourth-order valence-corrected chi connectivity index (χ4v) is 3.19. The molecule has 1 aromatic heterocycles. The lowest BCUT2D eigenvalue weighted by molar-refractivity contribution is 0.0513. The highest BCUT2D eigenvalue weighted by molar-refractivity contribution is 5.94. The second-order valence-electron chi connectivity index (χ2n) is 6.41. The summed E-state index contributed by atoms with van der Waals surface area (Å²) in [6.45, 7) is 4.19. The Morgan fingerprint density at radius 3 is 2.81 bits per heavy atom. The molecule has 1 amide bonds. The van der Waals surface area contributed by atoms with E-state index >= 15 is 0 Å². The Labute approximate surface area is 153 Å². The lowest BCUT2D eigenvalue weighted by Gasteiger charge is -2.19. The Balaban J connectivity index is 1.70. The maximum Gasteiger partial charge on any atom is 0.251 e. The third-order valence-corrected chi connectivity index (χ3v) is 4.48. The molecule has 0 aliphatic carbocycles. The standard InChI is InChI=1S/C20H22N4O2/c1-3-26-19-13-24(2)12-18(19)23-20(25)16-6-4-15(5-7-16)17-10-14(11-21)8-9-22-17/h4-10,18-19H,3,12-13H2,1-2H3,(H,23,25)/t18-,19-/m0/s1. The van der Waals surface area contributed by atoms with E-state index in [1.54, 1.807) is 30.5 Å². The molecule has 6 nitrogen and oxygen atoms in total. The first-order valence-electron chi connectivity index (χ1n) is 8.68. The van der Waals surface area contributed by atoms with Gasteiger partial charge in [-0.25, -0.2) is 0 Å². The lowest BCUT2D eigenvalue weighted by atomic mass is 10.1. The highest BCUT2D eigenvalue weighted by atomic mass is 16.5. The molecule has 1 aliphatic heterocycles. The van der Waals surface area contributed by atoms with Gasteiger partial charge in [0.25, 0.3) is 5.91 Å². The zero-order valence-electron chi connectivity index (χ0n) is 15.0. The highest BCUT2D eigenvalue weighted by Gasteiger charge is 2.32. The number of amides is 1. The molecule has 0 saturated carbocycles. The number of benzene rings is 1.